The fourth-order valence-corrected chi connectivity index (χ4v) is 2.93. The van der Waals surface area contributed by atoms with Gasteiger partial charge in [-0.3, -0.25) is 9.69 Å². The van der Waals surface area contributed by atoms with Crippen molar-refractivity contribution in [1.82, 2.24) is 4.90 Å². The van der Waals surface area contributed by atoms with Crippen LogP contribution in [-0.4, -0.2) is 28.6 Å². The molecule has 17 heavy (non-hydrogen) atoms. The number of carboxylic acid groups (broad SMARTS) is 1. The molecule has 6 heteroatoms. The van der Waals surface area contributed by atoms with E-state index >= 15 is 0 Å². The summed E-state index contributed by atoms with van der Waals surface area (Å²) in [6.07, 6.45) is 0.917. The Hall–Kier alpha value is -0.330. The fraction of sp³-hybridized carbons (Fsp3) is 0.545. The standard InChI is InChI=1S/C11H13Br2NO3/c1-6-2-3-14(9(6)11(15)16)5-7-4-8(12)10(13)17-7/h4,6,9H,2-3,5H2,1H3,(H,15,16). The van der Waals surface area contributed by atoms with E-state index < -0.39 is 12.0 Å². The molecule has 1 N–H and O–H groups in total. The summed E-state index contributed by atoms with van der Waals surface area (Å²) in [4.78, 5) is 13.1. The van der Waals surface area contributed by atoms with E-state index in [-0.39, 0.29) is 5.92 Å². The van der Waals surface area contributed by atoms with E-state index in [1.165, 1.54) is 0 Å². The van der Waals surface area contributed by atoms with Crippen LogP contribution in [0.1, 0.15) is 19.1 Å². The van der Waals surface area contributed by atoms with Crippen LogP contribution in [0.15, 0.2) is 19.6 Å². The number of likely N-dealkylation sites (tertiary alicyclic amines) is 1. The molecule has 1 fully saturated rings. The fourth-order valence-electron chi connectivity index (χ4n) is 2.27. The minimum atomic E-state index is -0.750. The Morgan fingerprint density at radius 1 is 1.65 bits per heavy atom. The smallest absolute Gasteiger partial charge is 0.321 e. The Kier molecular flexibility index (Phi) is 3.95. The third-order valence-electron chi connectivity index (χ3n) is 3.11. The molecule has 94 valence electrons. The number of nitrogens with zero attached hydrogens (tertiary/aromatic N) is 1. The molecule has 0 saturated carbocycles. The molecule has 2 unspecified atom stereocenters. The van der Waals surface area contributed by atoms with Gasteiger partial charge in [-0.2, -0.15) is 0 Å². The molecule has 4 nitrogen and oxygen atoms in total. The Morgan fingerprint density at radius 2 is 2.35 bits per heavy atom. The first-order chi connectivity index (χ1) is 7.99. The summed E-state index contributed by atoms with van der Waals surface area (Å²) in [5.41, 5.74) is 0. The van der Waals surface area contributed by atoms with Crippen molar-refractivity contribution in [3.63, 3.8) is 0 Å². The first-order valence-corrected chi connectivity index (χ1v) is 6.98. The minimum absolute atomic E-state index is 0.189. The molecule has 0 amide bonds. The number of carboxylic acids is 1. The first-order valence-electron chi connectivity index (χ1n) is 5.39. The van der Waals surface area contributed by atoms with Gasteiger partial charge in [0.25, 0.3) is 0 Å². The highest BCUT2D eigenvalue weighted by Gasteiger charge is 2.36. The zero-order valence-electron chi connectivity index (χ0n) is 9.32. The molecule has 2 heterocycles. The van der Waals surface area contributed by atoms with Crippen LogP contribution < -0.4 is 0 Å². The molecule has 2 rings (SSSR count). The van der Waals surface area contributed by atoms with Gasteiger partial charge in [-0.1, -0.05) is 6.92 Å². The molecule has 1 aromatic heterocycles. The molecule has 0 spiro atoms. The molecule has 1 aliphatic rings. The largest absolute Gasteiger partial charge is 0.480 e. The molecule has 1 aromatic rings. The highest BCUT2D eigenvalue weighted by Crippen LogP contribution is 2.30. The van der Waals surface area contributed by atoms with Crippen molar-refractivity contribution < 1.29 is 14.3 Å². The van der Waals surface area contributed by atoms with E-state index in [0.29, 0.717) is 11.2 Å². The van der Waals surface area contributed by atoms with Crippen molar-refractivity contribution in [3.8, 4) is 0 Å². The van der Waals surface area contributed by atoms with Crippen molar-refractivity contribution in [3.05, 3.63) is 21.0 Å². The predicted molar refractivity (Wildman–Crippen MR) is 69.7 cm³/mol. The van der Waals surface area contributed by atoms with Crippen molar-refractivity contribution in [1.29, 1.82) is 0 Å². The molecule has 1 aliphatic heterocycles. The van der Waals surface area contributed by atoms with E-state index in [1.54, 1.807) is 0 Å². The molecular weight excluding hydrogens is 354 g/mol. The molecule has 0 bridgehead atoms. The number of aliphatic carboxylic acids is 1. The number of rotatable bonds is 3. The summed E-state index contributed by atoms with van der Waals surface area (Å²) < 4.78 is 6.97. The zero-order valence-corrected chi connectivity index (χ0v) is 12.5. The van der Waals surface area contributed by atoms with Crippen LogP contribution in [0.5, 0.6) is 0 Å². The molecule has 0 aromatic carbocycles. The Morgan fingerprint density at radius 3 is 2.88 bits per heavy atom. The zero-order chi connectivity index (χ0) is 12.6. The maximum atomic E-state index is 11.2. The lowest BCUT2D eigenvalue weighted by molar-refractivity contribution is -0.143. The lowest BCUT2D eigenvalue weighted by Gasteiger charge is -2.21. The summed E-state index contributed by atoms with van der Waals surface area (Å²) in [7, 11) is 0. The SMILES string of the molecule is CC1CCN(Cc2cc(Br)c(Br)o2)C1C(=O)O. The van der Waals surface area contributed by atoms with Crippen LogP contribution in [0.25, 0.3) is 0 Å². The average Bonchev–Trinajstić information content (AvgIpc) is 2.72. The van der Waals surface area contributed by atoms with Gasteiger partial charge in [0.1, 0.15) is 11.8 Å². The van der Waals surface area contributed by atoms with Crippen molar-refractivity contribution >= 4 is 37.8 Å². The monoisotopic (exact) mass is 365 g/mol. The molecular formula is C11H13Br2NO3. The normalized spacial score (nSPS) is 25.4. The summed E-state index contributed by atoms with van der Waals surface area (Å²) in [5.74, 6) is 0.207. The van der Waals surface area contributed by atoms with E-state index in [2.05, 4.69) is 31.9 Å². The maximum absolute atomic E-state index is 11.2. The number of halogens is 2. The third kappa shape index (κ3) is 2.74. The van der Waals surface area contributed by atoms with Crippen LogP contribution >= 0.6 is 31.9 Å². The second-order valence-corrected chi connectivity index (χ2v) is 5.93. The van der Waals surface area contributed by atoms with Gasteiger partial charge in [0.2, 0.25) is 0 Å². The van der Waals surface area contributed by atoms with Gasteiger partial charge >= 0.3 is 5.97 Å². The number of hydrogen-bond acceptors (Lipinski definition) is 3. The van der Waals surface area contributed by atoms with Gasteiger partial charge in [-0.05, 0) is 56.8 Å². The topological polar surface area (TPSA) is 53.7 Å². The van der Waals surface area contributed by atoms with Crippen molar-refractivity contribution in [2.75, 3.05) is 6.54 Å². The van der Waals surface area contributed by atoms with Crippen LogP contribution in [0, 0.1) is 5.92 Å². The number of hydrogen-bond donors (Lipinski definition) is 1. The van der Waals surface area contributed by atoms with Crippen LogP contribution in [0.2, 0.25) is 0 Å². The van der Waals surface area contributed by atoms with Gasteiger partial charge in [0, 0.05) is 0 Å². The molecule has 1 saturated heterocycles. The average molecular weight is 367 g/mol. The number of carbonyl (C=O) groups is 1. The van der Waals surface area contributed by atoms with Crippen LogP contribution in [0.3, 0.4) is 0 Å². The molecule has 0 radical (unpaired) electrons. The van der Waals surface area contributed by atoms with Gasteiger partial charge in [0.05, 0.1) is 11.0 Å². The molecule has 0 aliphatic carbocycles. The van der Waals surface area contributed by atoms with Gasteiger partial charge in [-0.25, -0.2) is 0 Å². The Bertz CT molecular complexity index is 413. The van der Waals surface area contributed by atoms with Crippen LogP contribution in [-0.2, 0) is 11.3 Å². The molecule has 2 atom stereocenters. The summed E-state index contributed by atoms with van der Waals surface area (Å²) >= 11 is 6.62. The third-order valence-corrected chi connectivity index (χ3v) is 4.82. The maximum Gasteiger partial charge on any atom is 0.321 e. The Balaban J connectivity index is 2.10. The van der Waals surface area contributed by atoms with Gasteiger partial charge < -0.3 is 9.52 Å². The lowest BCUT2D eigenvalue weighted by Crippen LogP contribution is -2.38. The van der Waals surface area contributed by atoms with Crippen LogP contribution in [0.4, 0.5) is 0 Å². The van der Waals surface area contributed by atoms with E-state index in [1.807, 2.05) is 17.9 Å². The summed E-state index contributed by atoms with van der Waals surface area (Å²) in [6.45, 7) is 3.31. The second kappa shape index (κ2) is 5.12. The van der Waals surface area contributed by atoms with Crippen molar-refractivity contribution in [2.24, 2.45) is 5.92 Å². The highest BCUT2D eigenvalue weighted by molar-refractivity contribution is 9.13. The van der Waals surface area contributed by atoms with E-state index in [4.69, 9.17) is 4.42 Å². The van der Waals surface area contributed by atoms with E-state index in [0.717, 1.165) is 23.2 Å². The summed E-state index contributed by atoms with van der Waals surface area (Å²) in [5, 5.41) is 9.20. The quantitative estimate of drug-likeness (QED) is 0.892. The lowest BCUT2D eigenvalue weighted by atomic mass is 10.0. The first kappa shape index (κ1) is 13.1. The highest BCUT2D eigenvalue weighted by atomic mass is 79.9. The van der Waals surface area contributed by atoms with Gasteiger partial charge in [-0.15, -0.1) is 0 Å². The predicted octanol–water partition coefficient (Wildman–Crippen LogP) is 3.10. The number of furan rings is 1. The summed E-state index contributed by atoms with van der Waals surface area (Å²) in [6, 6.07) is 1.46. The van der Waals surface area contributed by atoms with Gasteiger partial charge in [0.15, 0.2) is 4.67 Å². The Labute approximate surface area is 116 Å². The van der Waals surface area contributed by atoms with E-state index in [9.17, 15) is 9.90 Å². The van der Waals surface area contributed by atoms with Crippen molar-refractivity contribution in [2.45, 2.75) is 25.9 Å². The second-order valence-electron chi connectivity index (χ2n) is 4.35. The minimum Gasteiger partial charge on any atom is -0.480 e.